The Hall–Kier alpha value is -3.08. The van der Waals surface area contributed by atoms with Crippen LogP contribution >= 0.6 is 11.8 Å². The maximum absolute atomic E-state index is 13.4. The van der Waals surface area contributed by atoms with Crippen LogP contribution in [0.5, 0.6) is 0 Å². The predicted molar refractivity (Wildman–Crippen MR) is 258 cm³/mol. The van der Waals surface area contributed by atoms with Gasteiger partial charge in [-0.1, -0.05) is 46.6 Å². The van der Waals surface area contributed by atoms with Crippen LogP contribution in [0.1, 0.15) is 149 Å². The highest BCUT2D eigenvalue weighted by Gasteiger charge is 2.67. The van der Waals surface area contributed by atoms with Gasteiger partial charge in [-0.05, 0) is 118 Å². The van der Waals surface area contributed by atoms with E-state index in [2.05, 4.69) is 48.6 Å². The SMILES string of the molecule is C=C(CC[C@@H](C)[C@H]1CC[C@H]2C3[C@H](OC(=O)CCN)CC4C[C@H](OC(=O)CCN)CCC4(C)[C@H]3C[C@H](OC(=O)CCN)C12C)NCCCCCCNC(=O)CCCCC1SC[C@H]2NC(=O)N[C@@H]12. The van der Waals surface area contributed by atoms with Gasteiger partial charge in [0.15, 0.2) is 0 Å². The van der Waals surface area contributed by atoms with Gasteiger partial charge in [0, 0.05) is 67.2 Å². The molecule has 16 heteroatoms. The van der Waals surface area contributed by atoms with Crippen LogP contribution in [0, 0.1) is 46.3 Å². The first-order valence-electron chi connectivity index (χ1n) is 25.8. The van der Waals surface area contributed by atoms with Crippen LogP contribution in [0.15, 0.2) is 12.3 Å². The second-order valence-corrected chi connectivity index (χ2v) is 22.5. The van der Waals surface area contributed by atoms with Crippen molar-refractivity contribution in [3.63, 3.8) is 0 Å². The number of rotatable bonds is 26. The van der Waals surface area contributed by atoms with Gasteiger partial charge < -0.3 is 52.7 Å². The molecule has 2 saturated heterocycles. The van der Waals surface area contributed by atoms with Crippen LogP contribution in [0.2, 0.25) is 0 Å². The number of hydrogen-bond acceptors (Lipinski definition) is 13. The number of esters is 3. The van der Waals surface area contributed by atoms with Gasteiger partial charge in [0.05, 0.1) is 31.3 Å². The van der Waals surface area contributed by atoms with Gasteiger partial charge in [-0.3, -0.25) is 19.2 Å². The van der Waals surface area contributed by atoms with Crippen molar-refractivity contribution in [1.82, 2.24) is 21.3 Å². The number of thioether (sulfide) groups is 1. The number of unbranched alkanes of at least 4 members (excludes halogenated alkanes) is 4. The molecule has 10 N–H and O–H groups in total. The minimum absolute atomic E-state index is 0.0546. The third-order valence-electron chi connectivity index (χ3n) is 17.1. The topological polar surface area (TPSA) is 239 Å². The second kappa shape index (κ2) is 24.5. The number of carbonyl (C=O) groups excluding carboxylic acids is 5. The molecule has 4 saturated carbocycles. The van der Waals surface area contributed by atoms with Crippen LogP contribution in [0.4, 0.5) is 4.79 Å². The molecule has 66 heavy (non-hydrogen) atoms. The molecule has 6 rings (SSSR count). The number of nitrogens with two attached hydrogens (primary N) is 3. The Balaban J connectivity index is 0.965. The fourth-order valence-corrected chi connectivity index (χ4v) is 15.2. The van der Waals surface area contributed by atoms with Crippen molar-refractivity contribution in [2.24, 2.45) is 63.5 Å². The molecule has 6 aliphatic rings. The van der Waals surface area contributed by atoms with Crippen molar-refractivity contribution in [2.75, 3.05) is 38.5 Å². The lowest BCUT2D eigenvalue weighted by molar-refractivity contribution is -0.225. The van der Waals surface area contributed by atoms with Gasteiger partial charge in [0.25, 0.3) is 0 Å². The number of urea groups is 1. The molecule has 374 valence electrons. The normalized spacial score (nSPS) is 34.6. The zero-order chi connectivity index (χ0) is 47.4. The average Bonchev–Trinajstić information content (AvgIpc) is 3.95. The summed E-state index contributed by atoms with van der Waals surface area (Å²) in [6.07, 6.45) is 14.9. The molecule has 14 atom stereocenters. The maximum Gasteiger partial charge on any atom is 0.315 e. The monoisotopic (exact) mass is 944 g/mol. The van der Waals surface area contributed by atoms with E-state index in [0.717, 1.165) is 108 Å². The van der Waals surface area contributed by atoms with E-state index >= 15 is 0 Å². The first-order chi connectivity index (χ1) is 31.7. The van der Waals surface area contributed by atoms with Crippen molar-refractivity contribution in [3.8, 4) is 0 Å². The Morgan fingerprint density at radius 3 is 2.18 bits per heavy atom. The molecule has 4 aliphatic carbocycles. The van der Waals surface area contributed by atoms with E-state index in [1.807, 2.05) is 11.8 Å². The minimum atomic E-state index is -0.317. The molecule has 5 unspecified atom stereocenters. The smallest absolute Gasteiger partial charge is 0.315 e. The molecule has 0 aromatic rings. The van der Waals surface area contributed by atoms with Crippen LogP contribution in [-0.4, -0.2) is 104 Å². The summed E-state index contributed by atoms with van der Waals surface area (Å²) in [7, 11) is 0. The number of hydrogen-bond donors (Lipinski definition) is 7. The molecule has 6 fully saturated rings. The van der Waals surface area contributed by atoms with Crippen molar-refractivity contribution < 1.29 is 38.2 Å². The number of nitrogens with one attached hydrogen (secondary N) is 4. The van der Waals surface area contributed by atoms with Crippen LogP contribution < -0.4 is 38.5 Å². The van der Waals surface area contributed by atoms with E-state index in [4.69, 9.17) is 31.4 Å². The molecule has 0 spiro atoms. The Morgan fingerprint density at radius 2 is 1.47 bits per heavy atom. The number of amides is 3. The Labute approximate surface area is 398 Å². The number of fused-ring (bicyclic) bond motifs is 6. The molecule has 0 aromatic carbocycles. The summed E-state index contributed by atoms with van der Waals surface area (Å²) < 4.78 is 18.9. The van der Waals surface area contributed by atoms with E-state index in [9.17, 15) is 24.0 Å². The van der Waals surface area contributed by atoms with Gasteiger partial charge >= 0.3 is 23.9 Å². The Kier molecular flexibility index (Phi) is 19.4. The maximum atomic E-state index is 13.4. The van der Waals surface area contributed by atoms with Crippen molar-refractivity contribution >= 4 is 41.6 Å². The fraction of sp³-hybridized carbons (Fsp3) is 0.860. The van der Waals surface area contributed by atoms with Gasteiger partial charge in [-0.2, -0.15) is 11.8 Å². The van der Waals surface area contributed by atoms with E-state index in [1.165, 1.54) is 0 Å². The average molecular weight is 944 g/mol. The van der Waals surface area contributed by atoms with E-state index in [-0.39, 0.29) is 134 Å². The van der Waals surface area contributed by atoms with E-state index < -0.39 is 0 Å². The van der Waals surface area contributed by atoms with Crippen molar-refractivity contribution in [2.45, 2.75) is 185 Å². The highest BCUT2D eigenvalue weighted by atomic mass is 32.2. The van der Waals surface area contributed by atoms with E-state index in [0.29, 0.717) is 42.9 Å². The first-order valence-corrected chi connectivity index (χ1v) is 26.8. The number of carbonyl (C=O) groups is 5. The second-order valence-electron chi connectivity index (χ2n) is 21.2. The lowest BCUT2D eigenvalue weighted by Crippen LogP contribution is -2.63. The largest absolute Gasteiger partial charge is 0.462 e. The van der Waals surface area contributed by atoms with Gasteiger partial charge in [-0.15, -0.1) is 0 Å². The number of allylic oxidation sites excluding steroid dienone is 1. The molecule has 0 radical (unpaired) electrons. The van der Waals surface area contributed by atoms with Gasteiger partial charge in [0.1, 0.15) is 18.3 Å². The quantitative estimate of drug-likeness (QED) is 0.0243. The predicted octanol–water partition coefficient (Wildman–Crippen LogP) is 5.57. The summed E-state index contributed by atoms with van der Waals surface area (Å²) in [5, 5.41) is 13.1. The number of ether oxygens (including phenoxy) is 3. The molecule has 2 aliphatic heterocycles. The van der Waals surface area contributed by atoms with Crippen molar-refractivity contribution in [1.29, 1.82) is 0 Å². The summed E-state index contributed by atoms with van der Waals surface area (Å²) in [4.78, 5) is 63.2. The third-order valence-corrected chi connectivity index (χ3v) is 18.6. The summed E-state index contributed by atoms with van der Waals surface area (Å²) >= 11 is 1.92. The third kappa shape index (κ3) is 12.8. The zero-order valence-corrected chi connectivity index (χ0v) is 41.2. The summed E-state index contributed by atoms with van der Waals surface area (Å²) in [5.41, 5.74) is 18.0. The molecule has 2 heterocycles. The first kappa shape index (κ1) is 52.3. The molecular weight excluding hydrogens is 859 g/mol. The Bertz CT molecular complexity index is 1670. The molecule has 0 bridgehead atoms. The standard InChI is InChI=1S/C50H85N7O8S/c1-31(13-14-32(2)54-25-9-5-6-10-26-55-42(58)12-8-7-11-40-47-38(30-66-40)56-48(62)57-47)35-15-16-36-46-37(29-41(50(35,36)4)65-45(61)20-24-53)49(3)21-17-34(63-43(59)18-22-51)27-33(49)28-39(46)64-44(60)19-23-52/h31,33-41,46-47,54H,2,5-30,51-53H2,1,3-4H3,(H,55,58)(H2,56,57,62)/t31-,33?,34-,35-,36+,37+,38-,39-,40?,41+,46?,47-,49?,50?/m1/s1. The molecular formula is C50H85N7O8S. The Morgan fingerprint density at radius 1 is 0.788 bits per heavy atom. The van der Waals surface area contributed by atoms with Crippen LogP contribution in [-0.2, 0) is 33.4 Å². The van der Waals surface area contributed by atoms with E-state index in [1.54, 1.807) is 0 Å². The van der Waals surface area contributed by atoms with Crippen LogP contribution in [0.25, 0.3) is 0 Å². The highest BCUT2D eigenvalue weighted by molar-refractivity contribution is 8.00. The van der Waals surface area contributed by atoms with Crippen LogP contribution in [0.3, 0.4) is 0 Å². The van der Waals surface area contributed by atoms with Gasteiger partial charge in [0.2, 0.25) is 5.91 Å². The summed E-state index contributed by atoms with van der Waals surface area (Å²) in [5.74, 6) is 1.59. The zero-order valence-electron chi connectivity index (χ0n) is 40.4. The minimum Gasteiger partial charge on any atom is -0.462 e. The molecule has 15 nitrogen and oxygen atoms in total. The molecule has 3 amide bonds. The van der Waals surface area contributed by atoms with Gasteiger partial charge in [-0.25, -0.2) is 4.79 Å². The summed E-state index contributed by atoms with van der Waals surface area (Å²) in [6.45, 7) is 13.8. The fourth-order valence-electron chi connectivity index (χ4n) is 13.7. The lowest BCUT2D eigenvalue weighted by atomic mass is 9.43. The lowest BCUT2D eigenvalue weighted by Gasteiger charge is -2.64. The van der Waals surface area contributed by atoms with Crippen molar-refractivity contribution in [3.05, 3.63) is 12.3 Å². The molecule has 0 aromatic heterocycles. The summed E-state index contributed by atoms with van der Waals surface area (Å²) in [6, 6.07) is 0.410. The highest BCUT2D eigenvalue weighted by Crippen LogP contribution is 2.69.